The standard InChI is InChI=1S/C16H17NO3/c18-15(12-5-2-1-3-6-12)17-11-16(19,13-8-9-13)14-7-4-10-20-14/h1-7,10,13,19H,8-9,11H2,(H,17,18). The minimum atomic E-state index is -1.10. The summed E-state index contributed by atoms with van der Waals surface area (Å²) in [5, 5.41) is 13.6. The van der Waals surface area contributed by atoms with Crippen molar-refractivity contribution in [2.75, 3.05) is 6.54 Å². The number of hydrogen-bond acceptors (Lipinski definition) is 3. The predicted octanol–water partition coefficient (Wildman–Crippen LogP) is 2.31. The van der Waals surface area contributed by atoms with Crippen LogP contribution >= 0.6 is 0 Å². The number of hydrogen-bond donors (Lipinski definition) is 2. The van der Waals surface area contributed by atoms with Crippen LogP contribution in [-0.2, 0) is 5.60 Å². The van der Waals surface area contributed by atoms with E-state index in [-0.39, 0.29) is 18.4 Å². The molecule has 4 nitrogen and oxygen atoms in total. The Labute approximate surface area is 117 Å². The van der Waals surface area contributed by atoms with Gasteiger partial charge in [0.15, 0.2) is 0 Å². The zero-order chi connectivity index (χ0) is 14.0. The maximum Gasteiger partial charge on any atom is 0.251 e. The topological polar surface area (TPSA) is 62.5 Å². The molecular formula is C16H17NO3. The van der Waals surface area contributed by atoms with Crippen molar-refractivity contribution in [3.63, 3.8) is 0 Å². The van der Waals surface area contributed by atoms with E-state index in [0.717, 1.165) is 12.8 Å². The lowest BCUT2D eigenvalue weighted by molar-refractivity contribution is -0.00610. The van der Waals surface area contributed by atoms with Gasteiger partial charge in [-0.25, -0.2) is 0 Å². The number of carbonyl (C=O) groups is 1. The Morgan fingerprint density at radius 1 is 1.25 bits per heavy atom. The molecule has 104 valence electrons. The first-order valence-electron chi connectivity index (χ1n) is 6.80. The molecule has 3 rings (SSSR count). The van der Waals surface area contributed by atoms with Gasteiger partial charge in [-0.2, -0.15) is 0 Å². The number of carbonyl (C=O) groups excluding carboxylic acids is 1. The molecule has 1 unspecified atom stereocenters. The van der Waals surface area contributed by atoms with E-state index in [2.05, 4.69) is 5.32 Å². The Bertz CT molecular complexity index is 575. The lowest BCUT2D eigenvalue weighted by Gasteiger charge is -2.26. The summed E-state index contributed by atoms with van der Waals surface area (Å²) in [6, 6.07) is 12.5. The second kappa shape index (κ2) is 5.13. The van der Waals surface area contributed by atoms with E-state index < -0.39 is 5.60 Å². The third-order valence-corrected chi connectivity index (χ3v) is 3.76. The molecule has 0 saturated heterocycles. The monoisotopic (exact) mass is 271 g/mol. The summed E-state index contributed by atoms with van der Waals surface area (Å²) >= 11 is 0. The molecular weight excluding hydrogens is 254 g/mol. The molecule has 2 N–H and O–H groups in total. The number of amides is 1. The molecule has 20 heavy (non-hydrogen) atoms. The van der Waals surface area contributed by atoms with E-state index >= 15 is 0 Å². The SMILES string of the molecule is O=C(NCC(O)(c1ccco1)C1CC1)c1ccccc1. The summed E-state index contributed by atoms with van der Waals surface area (Å²) in [5.74, 6) is 0.495. The average molecular weight is 271 g/mol. The fraction of sp³-hybridized carbons (Fsp3) is 0.312. The highest BCUT2D eigenvalue weighted by atomic mass is 16.4. The molecule has 2 aromatic rings. The van der Waals surface area contributed by atoms with Gasteiger partial charge in [0.1, 0.15) is 11.4 Å². The Hall–Kier alpha value is -2.07. The summed E-state index contributed by atoms with van der Waals surface area (Å²) < 4.78 is 5.34. The van der Waals surface area contributed by atoms with Crippen LogP contribution in [0.4, 0.5) is 0 Å². The highest BCUT2D eigenvalue weighted by Crippen LogP contribution is 2.45. The van der Waals surface area contributed by atoms with Crippen molar-refractivity contribution < 1.29 is 14.3 Å². The van der Waals surface area contributed by atoms with Gasteiger partial charge in [0.05, 0.1) is 12.8 Å². The van der Waals surface area contributed by atoms with Crippen LogP contribution in [0, 0.1) is 5.92 Å². The summed E-state index contributed by atoms with van der Waals surface area (Å²) in [6.07, 6.45) is 3.46. The highest BCUT2D eigenvalue weighted by molar-refractivity contribution is 5.94. The first kappa shape index (κ1) is 12.9. The Morgan fingerprint density at radius 2 is 2.00 bits per heavy atom. The number of nitrogens with one attached hydrogen (secondary N) is 1. The quantitative estimate of drug-likeness (QED) is 0.877. The number of furan rings is 1. The van der Waals surface area contributed by atoms with Crippen LogP contribution in [0.5, 0.6) is 0 Å². The van der Waals surface area contributed by atoms with Crippen LogP contribution in [0.3, 0.4) is 0 Å². The molecule has 4 heteroatoms. The van der Waals surface area contributed by atoms with Crippen molar-refractivity contribution in [2.45, 2.75) is 18.4 Å². The predicted molar refractivity (Wildman–Crippen MR) is 74.1 cm³/mol. The molecule has 0 aliphatic heterocycles. The smallest absolute Gasteiger partial charge is 0.251 e. The van der Waals surface area contributed by atoms with Crippen molar-refractivity contribution >= 4 is 5.91 Å². The van der Waals surface area contributed by atoms with Crippen LogP contribution in [0.15, 0.2) is 53.1 Å². The minimum absolute atomic E-state index is 0.157. The van der Waals surface area contributed by atoms with Gasteiger partial charge >= 0.3 is 0 Å². The van der Waals surface area contributed by atoms with Gasteiger partial charge < -0.3 is 14.8 Å². The fourth-order valence-electron chi connectivity index (χ4n) is 2.43. The molecule has 1 fully saturated rings. The van der Waals surface area contributed by atoms with Crippen molar-refractivity contribution in [3.05, 3.63) is 60.1 Å². The zero-order valence-electron chi connectivity index (χ0n) is 11.1. The van der Waals surface area contributed by atoms with E-state index in [1.54, 1.807) is 30.5 Å². The van der Waals surface area contributed by atoms with Gasteiger partial charge in [-0.15, -0.1) is 0 Å². The van der Waals surface area contributed by atoms with E-state index in [0.29, 0.717) is 11.3 Å². The number of rotatable bonds is 5. The van der Waals surface area contributed by atoms with Gasteiger partial charge in [0.2, 0.25) is 0 Å². The molecule has 0 spiro atoms. The summed E-state index contributed by atoms with van der Waals surface area (Å²) in [5.41, 5.74) is -0.515. The fourth-order valence-corrected chi connectivity index (χ4v) is 2.43. The van der Waals surface area contributed by atoms with Crippen LogP contribution < -0.4 is 5.32 Å². The molecule has 0 radical (unpaired) electrons. The Balaban J connectivity index is 1.71. The lowest BCUT2D eigenvalue weighted by Crippen LogP contribution is -2.42. The third-order valence-electron chi connectivity index (χ3n) is 3.76. The van der Waals surface area contributed by atoms with Crippen molar-refractivity contribution in [3.8, 4) is 0 Å². The Morgan fingerprint density at radius 3 is 2.60 bits per heavy atom. The second-order valence-electron chi connectivity index (χ2n) is 5.22. The van der Waals surface area contributed by atoms with Gasteiger partial charge in [-0.1, -0.05) is 18.2 Å². The summed E-state index contributed by atoms with van der Waals surface area (Å²) in [4.78, 5) is 12.1. The highest BCUT2D eigenvalue weighted by Gasteiger charge is 2.47. The maximum atomic E-state index is 12.1. The lowest BCUT2D eigenvalue weighted by atomic mass is 9.94. The maximum absolute atomic E-state index is 12.1. The van der Waals surface area contributed by atoms with E-state index in [1.165, 1.54) is 0 Å². The van der Waals surface area contributed by atoms with Gasteiger partial charge in [0.25, 0.3) is 5.91 Å². The molecule has 1 saturated carbocycles. The van der Waals surface area contributed by atoms with Crippen molar-refractivity contribution in [2.24, 2.45) is 5.92 Å². The van der Waals surface area contributed by atoms with E-state index in [9.17, 15) is 9.90 Å². The molecule has 1 aromatic heterocycles. The van der Waals surface area contributed by atoms with Crippen LogP contribution in [0.2, 0.25) is 0 Å². The largest absolute Gasteiger partial charge is 0.466 e. The normalized spacial score (nSPS) is 17.4. The number of aliphatic hydroxyl groups is 1. The molecule has 1 amide bonds. The molecule has 1 atom stereocenters. The molecule has 1 heterocycles. The van der Waals surface area contributed by atoms with Crippen molar-refractivity contribution in [1.29, 1.82) is 0 Å². The van der Waals surface area contributed by atoms with Gasteiger partial charge in [-0.05, 0) is 43.0 Å². The van der Waals surface area contributed by atoms with Crippen LogP contribution in [-0.4, -0.2) is 17.6 Å². The average Bonchev–Trinajstić information content (AvgIpc) is 3.20. The molecule has 0 bridgehead atoms. The zero-order valence-corrected chi connectivity index (χ0v) is 11.1. The van der Waals surface area contributed by atoms with E-state index in [4.69, 9.17) is 4.42 Å². The van der Waals surface area contributed by atoms with Crippen LogP contribution in [0.25, 0.3) is 0 Å². The number of benzene rings is 1. The summed E-state index contributed by atoms with van der Waals surface area (Å²) in [7, 11) is 0. The molecule has 1 aromatic carbocycles. The van der Waals surface area contributed by atoms with E-state index in [1.807, 2.05) is 18.2 Å². The summed E-state index contributed by atoms with van der Waals surface area (Å²) in [6.45, 7) is 0.166. The first-order chi connectivity index (χ1) is 9.70. The van der Waals surface area contributed by atoms with Gasteiger partial charge in [0, 0.05) is 5.56 Å². The Kier molecular flexibility index (Phi) is 3.32. The third kappa shape index (κ3) is 2.47. The van der Waals surface area contributed by atoms with Gasteiger partial charge in [-0.3, -0.25) is 4.79 Å². The first-order valence-corrected chi connectivity index (χ1v) is 6.80. The van der Waals surface area contributed by atoms with Crippen molar-refractivity contribution in [1.82, 2.24) is 5.32 Å². The second-order valence-corrected chi connectivity index (χ2v) is 5.22. The van der Waals surface area contributed by atoms with Crippen LogP contribution in [0.1, 0.15) is 29.0 Å². The molecule has 1 aliphatic carbocycles. The minimum Gasteiger partial charge on any atom is -0.466 e. The molecule has 1 aliphatic rings.